The molecule has 0 aliphatic heterocycles. The van der Waals surface area contributed by atoms with Gasteiger partial charge in [0.05, 0.1) is 19.0 Å². The predicted molar refractivity (Wildman–Crippen MR) is 85.6 cm³/mol. The SMILES string of the molecule is COc1ncc(-c2ccc3nc(NC(C)=O)cn3n2)cc1C(N)=O. The molecule has 0 saturated heterocycles. The van der Waals surface area contributed by atoms with Crippen LogP contribution in [0, 0.1) is 0 Å². The van der Waals surface area contributed by atoms with Crippen LogP contribution in [0.5, 0.6) is 5.88 Å². The molecular formula is C15H14N6O3. The summed E-state index contributed by atoms with van der Waals surface area (Å²) in [6.45, 7) is 1.40. The molecule has 3 rings (SSSR count). The van der Waals surface area contributed by atoms with Crippen molar-refractivity contribution < 1.29 is 14.3 Å². The molecule has 9 heteroatoms. The lowest BCUT2D eigenvalue weighted by Crippen LogP contribution is -2.13. The monoisotopic (exact) mass is 326 g/mol. The molecule has 3 heterocycles. The van der Waals surface area contributed by atoms with Gasteiger partial charge in [-0.1, -0.05) is 0 Å². The van der Waals surface area contributed by atoms with Gasteiger partial charge in [-0.25, -0.2) is 14.5 Å². The lowest BCUT2D eigenvalue weighted by atomic mass is 10.1. The molecule has 0 fully saturated rings. The minimum atomic E-state index is -0.641. The number of primary amides is 1. The molecule has 0 atom stereocenters. The number of methoxy groups -OCH3 is 1. The predicted octanol–water partition coefficient (Wildman–Crippen LogP) is 0.857. The third kappa shape index (κ3) is 2.86. The summed E-state index contributed by atoms with van der Waals surface area (Å²) < 4.78 is 6.54. The molecule has 3 aromatic rings. The number of pyridine rings is 1. The maximum Gasteiger partial charge on any atom is 0.254 e. The van der Waals surface area contributed by atoms with E-state index < -0.39 is 5.91 Å². The van der Waals surface area contributed by atoms with Crippen molar-refractivity contribution in [1.29, 1.82) is 0 Å². The number of anilines is 1. The number of carbonyl (C=O) groups excluding carboxylic acids is 2. The van der Waals surface area contributed by atoms with Crippen molar-refractivity contribution in [2.75, 3.05) is 12.4 Å². The van der Waals surface area contributed by atoms with Crippen LogP contribution in [-0.2, 0) is 4.79 Å². The van der Waals surface area contributed by atoms with E-state index in [1.165, 1.54) is 24.7 Å². The van der Waals surface area contributed by atoms with Crippen molar-refractivity contribution in [3.8, 4) is 17.1 Å². The summed E-state index contributed by atoms with van der Waals surface area (Å²) in [6.07, 6.45) is 3.12. The van der Waals surface area contributed by atoms with Crippen LogP contribution in [-0.4, -0.2) is 38.5 Å². The van der Waals surface area contributed by atoms with Crippen molar-refractivity contribution in [1.82, 2.24) is 19.6 Å². The van der Waals surface area contributed by atoms with E-state index in [9.17, 15) is 9.59 Å². The molecule has 0 radical (unpaired) electrons. The molecule has 0 aromatic carbocycles. The summed E-state index contributed by atoms with van der Waals surface area (Å²) in [5, 5.41) is 6.99. The fourth-order valence-corrected chi connectivity index (χ4v) is 2.21. The van der Waals surface area contributed by atoms with Crippen LogP contribution in [0.3, 0.4) is 0 Å². The first-order valence-corrected chi connectivity index (χ1v) is 6.96. The lowest BCUT2D eigenvalue weighted by Gasteiger charge is -2.07. The van der Waals surface area contributed by atoms with Gasteiger partial charge in [0.2, 0.25) is 11.8 Å². The molecule has 122 valence electrons. The maximum absolute atomic E-state index is 11.5. The van der Waals surface area contributed by atoms with Gasteiger partial charge in [-0.2, -0.15) is 5.10 Å². The highest BCUT2D eigenvalue weighted by atomic mass is 16.5. The zero-order valence-electron chi connectivity index (χ0n) is 13.0. The molecule has 9 nitrogen and oxygen atoms in total. The Morgan fingerprint density at radius 2 is 2.12 bits per heavy atom. The summed E-state index contributed by atoms with van der Waals surface area (Å²) in [5.74, 6) is -0.303. The van der Waals surface area contributed by atoms with E-state index in [4.69, 9.17) is 10.5 Å². The quantitative estimate of drug-likeness (QED) is 0.732. The van der Waals surface area contributed by atoms with Crippen LogP contribution in [0.4, 0.5) is 5.82 Å². The van der Waals surface area contributed by atoms with Gasteiger partial charge in [0, 0.05) is 18.7 Å². The van der Waals surface area contributed by atoms with Gasteiger partial charge in [0.1, 0.15) is 5.56 Å². The summed E-state index contributed by atoms with van der Waals surface area (Å²) in [5.41, 5.74) is 7.24. The first kappa shape index (κ1) is 15.4. The minimum absolute atomic E-state index is 0.155. The minimum Gasteiger partial charge on any atom is -0.480 e. The normalized spacial score (nSPS) is 10.6. The first-order chi connectivity index (χ1) is 11.5. The molecule has 0 aliphatic carbocycles. The van der Waals surface area contributed by atoms with Crippen LogP contribution in [0.2, 0.25) is 0 Å². The van der Waals surface area contributed by atoms with Gasteiger partial charge in [-0.05, 0) is 18.2 Å². The number of hydrogen-bond donors (Lipinski definition) is 2. The highest BCUT2D eigenvalue weighted by Crippen LogP contribution is 2.23. The second kappa shape index (κ2) is 5.95. The molecule has 0 unspecified atom stereocenters. The van der Waals surface area contributed by atoms with E-state index in [1.54, 1.807) is 24.4 Å². The highest BCUT2D eigenvalue weighted by molar-refractivity contribution is 5.96. The van der Waals surface area contributed by atoms with Crippen LogP contribution in [0.15, 0.2) is 30.6 Å². The number of imidazole rings is 1. The fraction of sp³-hybridized carbons (Fsp3) is 0.133. The van der Waals surface area contributed by atoms with Crippen molar-refractivity contribution in [3.05, 3.63) is 36.2 Å². The zero-order chi connectivity index (χ0) is 17.3. The van der Waals surface area contributed by atoms with Gasteiger partial charge in [0.15, 0.2) is 11.5 Å². The maximum atomic E-state index is 11.5. The van der Waals surface area contributed by atoms with Gasteiger partial charge in [-0.15, -0.1) is 0 Å². The average Bonchev–Trinajstić information content (AvgIpc) is 2.94. The summed E-state index contributed by atoms with van der Waals surface area (Å²) in [7, 11) is 1.41. The molecule has 3 aromatic heterocycles. The van der Waals surface area contributed by atoms with Crippen molar-refractivity contribution in [2.45, 2.75) is 6.92 Å². The van der Waals surface area contributed by atoms with Gasteiger partial charge in [0.25, 0.3) is 5.91 Å². The van der Waals surface area contributed by atoms with Crippen molar-refractivity contribution >= 4 is 23.3 Å². The molecule has 0 spiro atoms. The third-order valence-electron chi connectivity index (χ3n) is 3.23. The van der Waals surface area contributed by atoms with Crippen molar-refractivity contribution in [2.24, 2.45) is 5.73 Å². The number of carbonyl (C=O) groups is 2. The van der Waals surface area contributed by atoms with Crippen LogP contribution in [0.25, 0.3) is 16.9 Å². The van der Waals surface area contributed by atoms with Crippen LogP contribution < -0.4 is 15.8 Å². The third-order valence-corrected chi connectivity index (χ3v) is 3.23. The molecule has 0 aliphatic rings. The molecule has 24 heavy (non-hydrogen) atoms. The van der Waals surface area contributed by atoms with E-state index in [-0.39, 0.29) is 17.4 Å². The van der Waals surface area contributed by atoms with E-state index in [1.807, 2.05) is 0 Å². The topological polar surface area (TPSA) is 124 Å². The molecular weight excluding hydrogens is 312 g/mol. The zero-order valence-corrected chi connectivity index (χ0v) is 13.0. The number of fused-ring (bicyclic) bond motifs is 1. The molecule has 3 N–H and O–H groups in total. The molecule has 0 bridgehead atoms. The van der Waals surface area contributed by atoms with Gasteiger partial charge in [-0.3, -0.25) is 9.59 Å². The van der Waals surface area contributed by atoms with Crippen LogP contribution in [0.1, 0.15) is 17.3 Å². The van der Waals surface area contributed by atoms with Gasteiger partial charge >= 0.3 is 0 Å². The number of aromatic nitrogens is 4. The van der Waals surface area contributed by atoms with E-state index in [2.05, 4.69) is 20.4 Å². The fourth-order valence-electron chi connectivity index (χ4n) is 2.21. The number of nitrogens with zero attached hydrogens (tertiary/aromatic N) is 4. The Hall–Kier alpha value is -3.49. The Labute approximate surface area is 136 Å². The van der Waals surface area contributed by atoms with E-state index in [0.717, 1.165) is 0 Å². The van der Waals surface area contributed by atoms with E-state index >= 15 is 0 Å². The Morgan fingerprint density at radius 3 is 2.79 bits per heavy atom. The Morgan fingerprint density at radius 1 is 1.33 bits per heavy atom. The Kier molecular flexibility index (Phi) is 3.82. The molecule has 2 amide bonds. The smallest absolute Gasteiger partial charge is 0.254 e. The number of rotatable bonds is 4. The highest BCUT2D eigenvalue weighted by Gasteiger charge is 2.13. The number of ether oxygens (including phenoxy) is 1. The van der Waals surface area contributed by atoms with Gasteiger partial charge < -0.3 is 15.8 Å². The molecule has 0 saturated carbocycles. The first-order valence-electron chi connectivity index (χ1n) is 6.96. The number of nitrogens with two attached hydrogens (primary N) is 1. The second-order valence-electron chi connectivity index (χ2n) is 4.97. The van der Waals surface area contributed by atoms with Crippen LogP contribution >= 0.6 is 0 Å². The Bertz CT molecular complexity index is 950. The number of hydrogen-bond acceptors (Lipinski definition) is 6. The van der Waals surface area contributed by atoms with Crippen molar-refractivity contribution in [3.63, 3.8) is 0 Å². The number of nitrogens with one attached hydrogen (secondary N) is 1. The standard InChI is InChI=1S/C15H14N6O3/c1-8(22)18-12-7-21-13(19-12)4-3-11(20-21)9-5-10(14(16)23)15(24-2)17-6-9/h3-7H,1-2H3,(H2,16,23)(H,18,22). The van der Waals surface area contributed by atoms with E-state index in [0.29, 0.717) is 22.7 Å². The second-order valence-corrected chi connectivity index (χ2v) is 4.97. The summed E-state index contributed by atoms with van der Waals surface area (Å²) in [6, 6.07) is 5.03. The largest absolute Gasteiger partial charge is 0.480 e. The average molecular weight is 326 g/mol. The summed E-state index contributed by atoms with van der Waals surface area (Å²) in [4.78, 5) is 30.9. The lowest BCUT2D eigenvalue weighted by molar-refractivity contribution is -0.114. The summed E-state index contributed by atoms with van der Waals surface area (Å²) >= 11 is 0. The number of amides is 2. The Balaban J connectivity index is 2.04.